The predicted molar refractivity (Wildman–Crippen MR) is 92.9 cm³/mol. The van der Waals surface area contributed by atoms with Gasteiger partial charge in [0.2, 0.25) is 10.0 Å². The fraction of sp³-hybridized carbons (Fsp3) is 0.278. The van der Waals surface area contributed by atoms with Gasteiger partial charge in [-0.15, -0.1) is 0 Å². The molecule has 0 aromatic heterocycles. The summed E-state index contributed by atoms with van der Waals surface area (Å²) in [5, 5.41) is 4.40. The summed E-state index contributed by atoms with van der Waals surface area (Å²) < 4.78 is 25.5. The van der Waals surface area contributed by atoms with Gasteiger partial charge in [-0.05, 0) is 25.0 Å². The maximum absolute atomic E-state index is 12.1. The van der Waals surface area contributed by atoms with Gasteiger partial charge in [-0.25, -0.2) is 8.42 Å². The van der Waals surface area contributed by atoms with Gasteiger partial charge in [-0.1, -0.05) is 59.7 Å². The molecule has 0 amide bonds. The van der Waals surface area contributed by atoms with Crippen molar-refractivity contribution in [3.63, 3.8) is 0 Å². The summed E-state index contributed by atoms with van der Waals surface area (Å²) in [6, 6.07) is 15.7. The van der Waals surface area contributed by atoms with E-state index in [1.807, 2.05) is 62.4 Å². The maximum atomic E-state index is 12.1. The molecule has 2 aromatic carbocycles. The highest BCUT2D eigenvalue weighted by molar-refractivity contribution is 7.88. The molecule has 0 spiro atoms. The molecule has 1 aliphatic rings. The molecule has 23 heavy (non-hydrogen) atoms. The molecular formula is C18H20N2O2S. The first kappa shape index (κ1) is 15.7. The molecule has 0 aliphatic carbocycles. The van der Waals surface area contributed by atoms with E-state index in [-0.39, 0.29) is 6.04 Å². The topological polar surface area (TPSA) is 49.7 Å². The van der Waals surface area contributed by atoms with Crippen LogP contribution in [0.3, 0.4) is 0 Å². The van der Waals surface area contributed by atoms with Crippen LogP contribution in [0.5, 0.6) is 0 Å². The van der Waals surface area contributed by atoms with Crippen LogP contribution >= 0.6 is 0 Å². The van der Waals surface area contributed by atoms with E-state index in [9.17, 15) is 8.42 Å². The number of hydrogen-bond donors (Lipinski definition) is 0. The highest BCUT2D eigenvalue weighted by atomic mass is 32.2. The van der Waals surface area contributed by atoms with Crippen molar-refractivity contribution in [1.82, 2.24) is 4.41 Å². The molecule has 0 fully saturated rings. The lowest BCUT2D eigenvalue weighted by molar-refractivity contribution is 0.375. The summed E-state index contributed by atoms with van der Waals surface area (Å²) in [7, 11) is -3.41. The van der Waals surface area contributed by atoms with Gasteiger partial charge in [0, 0.05) is 6.42 Å². The normalized spacial score (nSPS) is 18.1. The van der Waals surface area contributed by atoms with E-state index in [1.165, 1.54) is 16.2 Å². The molecule has 3 rings (SSSR count). The smallest absolute Gasteiger partial charge is 0.205 e. The molecule has 1 heterocycles. The quantitative estimate of drug-likeness (QED) is 0.867. The average molecular weight is 328 g/mol. The van der Waals surface area contributed by atoms with Crippen LogP contribution in [-0.2, 0) is 10.0 Å². The van der Waals surface area contributed by atoms with Crippen LogP contribution in [0.15, 0.2) is 53.6 Å². The first-order chi connectivity index (χ1) is 10.8. The van der Waals surface area contributed by atoms with E-state index in [4.69, 9.17) is 0 Å². The molecule has 4 nitrogen and oxygen atoms in total. The highest BCUT2D eigenvalue weighted by Crippen LogP contribution is 2.34. The van der Waals surface area contributed by atoms with Gasteiger partial charge in [0.1, 0.15) is 0 Å². The zero-order valence-electron chi connectivity index (χ0n) is 13.5. The molecule has 1 atom stereocenters. The zero-order chi connectivity index (χ0) is 16.6. The lowest BCUT2D eigenvalue weighted by Gasteiger charge is -2.21. The molecule has 2 aromatic rings. The third kappa shape index (κ3) is 3.29. The number of hydrazone groups is 1. The number of rotatable bonds is 3. The SMILES string of the molecule is Cc1ccc(C2=NN(S(C)(=O)=O)C(c3ccc(C)cc3)C2)cc1. The Morgan fingerprint density at radius 2 is 1.48 bits per heavy atom. The van der Waals surface area contributed by atoms with Crippen molar-refractivity contribution >= 4 is 15.7 Å². The first-order valence-corrected chi connectivity index (χ1v) is 9.40. The van der Waals surface area contributed by atoms with Crippen molar-refractivity contribution in [1.29, 1.82) is 0 Å². The molecule has 120 valence electrons. The minimum absolute atomic E-state index is 0.276. The van der Waals surface area contributed by atoms with Crippen LogP contribution in [0.2, 0.25) is 0 Å². The van der Waals surface area contributed by atoms with Gasteiger partial charge >= 0.3 is 0 Å². The van der Waals surface area contributed by atoms with E-state index < -0.39 is 10.0 Å². The molecule has 0 saturated heterocycles. The van der Waals surface area contributed by atoms with E-state index in [0.717, 1.165) is 22.4 Å². The van der Waals surface area contributed by atoms with Gasteiger partial charge in [-0.3, -0.25) is 0 Å². The number of sulfonamides is 1. The van der Waals surface area contributed by atoms with Crippen LogP contribution < -0.4 is 0 Å². The molecule has 1 unspecified atom stereocenters. The first-order valence-electron chi connectivity index (χ1n) is 7.55. The molecule has 0 bridgehead atoms. The van der Waals surface area contributed by atoms with Crippen molar-refractivity contribution in [2.75, 3.05) is 6.26 Å². The van der Waals surface area contributed by atoms with Crippen LogP contribution in [0, 0.1) is 13.8 Å². The summed E-state index contributed by atoms with van der Waals surface area (Å²) in [5.74, 6) is 0. The van der Waals surface area contributed by atoms with Gasteiger partial charge in [0.05, 0.1) is 18.0 Å². The molecule has 1 aliphatic heterocycles. The molecule has 0 saturated carbocycles. The number of aryl methyl sites for hydroxylation is 2. The van der Waals surface area contributed by atoms with Crippen molar-refractivity contribution in [3.05, 3.63) is 70.8 Å². The summed E-state index contributed by atoms with van der Waals surface area (Å²) in [4.78, 5) is 0. The van der Waals surface area contributed by atoms with Crippen LogP contribution in [0.25, 0.3) is 0 Å². The van der Waals surface area contributed by atoms with E-state index in [0.29, 0.717) is 6.42 Å². The Hall–Kier alpha value is -2.14. The van der Waals surface area contributed by atoms with E-state index >= 15 is 0 Å². The van der Waals surface area contributed by atoms with Crippen LogP contribution in [-0.4, -0.2) is 24.8 Å². The Balaban J connectivity index is 1.99. The van der Waals surface area contributed by atoms with Crippen molar-refractivity contribution in [3.8, 4) is 0 Å². The fourth-order valence-electron chi connectivity index (χ4n) is 2.75. The van der Waals surface area contributed by atoms with Crippen molar-refractivity contribution < 1.29 is 8.42 Å². The van der Waals surface area contributed by atoms with Crippen molar-refractivity contribution in [2.24, 2.45) is 5.10 Å². The van der Waals surface area contributed by atoms with Gasteiger partial charge in [0.15, 0.2) is 0 Å². The second-order valence-corrected chi connectivity index (χ2v) is 7.92. The van der Waals surface area contributed by atoms with Gasteiger partial charge in [-0.2, -0.15) is 9.52 Å². The Morgan fingerprint density at radius 1 is 0.957 bits per heavy atom. The average Bonchev–Trinajstić information content (AvgIpc) is 2.94. The predicted octanol–water partition coefficient (Wildman–Crippen LogP) is 3.41. The molecule has 5 heteroatoms. The summed E-state index contributed by atoms with van der Waals surface area (Å²) in [5.41, 5.74) is 5.06. The number of hydrogen-bond acceptors (Lipinski definition) is 3. The molecule has 0 radical (unpaired) electrons. The fourth-order valence-corrected chi connectivity index (χ4v) is 3.66. The van der Waals surface area contributed by atoms with Crippen LogP contribution in [0.4, 0.5) is 0 Å². The lowest BCUT2D eigenvalue weighted by Crippen LogP contribution is -2.25. The Morgan fingerprint density at radius 3 is 2.00 bits per heavy atom. The monoisotopic (exact) mass is 328 g/mol. The summed E-state index contributed by atoms with van der Waals surface area (Å²) in [6.07, 6.45) is 1.79. The third-order valence-electron chi connectivity index (χ3n) is 4.06. The Kier molecular flexibility index (Phi) is 3.98. The van der Waals surface area contributed by atoms with Crippen molar-refractivity contribution in [2.45, 2.75) is 26.3 Å². The van der Waals surface area contributed by atoms with Gasteiger partial charge < -0.3 is 0 Å². The number of benzene rings is 2. The second kappa shape index (κ2) is 5.81. The third-order valence-corrected chi connectivity index (χ3v) is 5.08. The molecule has 0 N–H and O–H groups in total. The minimum Gasteiger partial charge on any atom is -0.205 e. The summed E-state index contributed by atoms with van der Waals surface area (Å²) in [6.45, 7) is 4.04. The Bertz CT molecular complexity index is 838. The van der Waals surface area contributed by atoms with E-state index in [2.05, 4.69) is 5.10 Å². The standard InChI is InChI=1S/C18H20N2O2S/c1-13-4-8-15(9-5-13)17-12-18(20(19-17)23(3,21)22)16-10-6-14(2)7-11-16/h4-11,18H,12H2,1-3H3. The molecular weight excluding hydrogens is 308 g/mol. The minimum atomic E-state index is -3.41. The van der Waals surface area contributed by atoms with Gasteiger partial charge in [0.25, 0.3) is 0 Å². The van der Waals surface area contributed by atoms with Crippen LogP contribution in [0.1, 0.15) is 34.7 Å². The lowest BCUT2D eigenvalue weighted by atomic mass is 9.98. The maximum Gasteiger partial charge on any atom is 0.247 e. The Labute approximate surface area is 137 Å². The summed E-state index contributed by atoms with van der Waals surface area (Å²) >= 11 is 0. The largest absolute Gasteiger partial charge is 0.247 e. The number of nitrogens with zero attached hydrogens (tertiary/aromatic N) is 2. The second-order valence-electron chi connectivity index (χ2n) is 6.08. The van der Waals surface area contributed by atoms with E-state index in [1.54, 1.807) is 0 Å². The highest BCUT2D eigenvalue weighted by Gasteiger charge is 2.34. The zero-order valence-corrected chi connectivity index (χ0v) is 14.3.